The quantitative estimate of drug-likeness (QED) is 0.224. The van der Waals surface area contributed by atoms with Crippen molar-refractivity contribution in [2.45, 2.75) is 105 Å². The summed E-state index contributed by atoms with van der Waals surface area (Å²) < 4.78 is 5.41. The molecule has 1 aliphatic carbocycles. The number of rotatable bonds is 13. The van der Waals surface area contributed by atoms with Gasteiger partial charge in [0.2, 0.25) is 29.4 Å². The molecule has 14 nitrogen and oxygen atoms in total. The number of nitrogens with one attached hydrogen (secondary N) is 4. The minimum Gasteiger partial charge on any atom is -0.444 e. The number of alkyl carbamates (subject to hydrolysis) is 1. The van der Waals surface area contributed by atoms with Crippen molar-refractivity contribution < 1.29 is 38.3 Å². The molecule has 1 saturated carbocycles. The van der Waals surface area contributed by atoms with Crippen LogP contribution >= 0.6 is 11.3 Å². The van der Waals surface area contributed by atoms with Crippen LogP contribution in [-0.4, -0.2) is 102 Å². The van der Waals surface area contributed by atoms with Gasteiger partial charge in [-0.15, -0.1) is 11.3 Å². The average molecular weight is 719 g/mol. The second-order valence-corrected chi connectivity index (χ2v) is 17.0. The van der Waals surface area contributed by atoms with E-state index in [1.165, 1.54) is 21.1 Å². The summed E-state index contributed by atoms with van der Waals surface area (Å²) in [6.07, 6.45) is -0.155. The number of carbonyl (C=O) groups is 7. The Kier molecular flexibility index (Phi) is 12.5. The number of nitrogens with zero attached hydrogens (tertiary/aromatic N) is 2. The highest BCUT2D eigenvalue weighted by Gasteiger charge is 2.70. The summed E-state index contributed by atoms with van der Waals surface area (Å²) in [4.78, 5) is 96.1. The van der Waals surface area contributed by atoms with Gasteiger partial charge in [-0.25, -0.2) is 4.79 Å². The van der Waals surface area contributed by atoms with Gasteiger partial charge in [0.15, 0.2) is 0 Å². The van der Waals surface area contributed by atoms with Gasteiger partial charge in [0, 0.05) is 25.5 Å². The van der Waals surface area contributed by atoms with Crippen LogP contribution in [-0.2, 0) is 33.5 Å². The first-order valence-electron chi connectivity index (χ1n) is 17.0. The molecule has 1 aromatic heterocycles. The molecule has 3 unspecified atom stereocenters. The Bertz CT molecular complexity index is 1460. The van der Waals surface area contributed by atoms with E-state index in [-0.39, 0.29) is 29.6 Å². The van der Waals surface area contributed by atoms with Gasteiger partial charge in [-0.2, -0.15) is 0 Å². The van der Waals surface area contributed by atoms with E-state index in [0.29, 0.717) is 17.8 Å². The van der Waals surface area contributed by atoms with Gasteiger partial charge in [-0.1, -0.05) is 54.0 Å². The van der Waals surface area contributed by atoms with Crippen LogP contribution in [0.25, 0.3) is 0 Å². The SMILES string of the molecule is CCCC(NC(=O)[C@@H]1C2C(CN1C(=O)[C@@H](NC(=O)OC(C)(C)C)C(C)(C)C)C2(C)C)C(=O)C(=O)NCC(=O)N[C@H](C(=O)N(C)C)c1cccs1. The fourth-order valence-electron chi connectivity index (χ4n) is 6.45. The zero-order chi connectivity index (χ0) is 37.9. The van der Waals surface area contributed by atoms with Crippen LogP contribution in [0.2, 0.25) is 0 Å². The van der Waals surface area contributed by atoms with E-state index < -0.39 is 77.2 Å². The number of likely N-dealkylation sites (tertiary alicyclic amines) is 1. The summed E-state index contributed by atoms with van der Waals surface area (Å²) in [5.74, 6) is -4.21. The zero-order valence-electron chi connectivity index (χ0n) is 31.1. The Hall–Kier alpha value is -4.01. The third-order valence-electron chi connectivity index (χ3n) is 9.20. The Balaban J connectivity index is 1.73. The number of ether oxygens (including phenoxy) is 1. The zero-order valence-corrected chi connectivity index (χ0v) is 31.9. The highest BCUT2D eigenvalue weighted by molar-refractivity contribution is 7.10. The third-order valence-corrected chi connectivity index (χ3v) is 10.1. The predicted octanol–water partition coefficient (Wildman–Crippen LogP) is 2.39. The van der Waals surface area contributed by atoms with Gasteiger partial charge in [-0.05, 0) is 61.3 Å². The van der Waals surface area contributed by atoms with Crippen LogP contribution < -0.4 is 21.3 Å². The molecule has 1 aliphatic heterocycles. The van der Waals surface area contributed by atoms with Gasteiger partial charge in [0.05, 0.1) is 12.6 Å². The highest BCUT2D eigenvalue weighted by Crippen LogP contribution is 2.65. The summed E-state index contributed by atoms with van der Waals surface area (Å²) in [6.45, 7) is 16.1. The second-order valence-electron chi connectivity index (χ2n) is 16.0. The number of piperidine rings is 1. The van der Waals surface area contributed by atoms with E-state index in [4.69, 9.17) is 4.74 Å². The number of thiophene rings is 1. The number of Topliss-reactive ketones (excluding diaryl/α,β-unsaturated/α-hetero) is 1. The lowest BCUT2D eigenvalue weighted by molar-refractivity contribution is -0.145. The molecule has 0 aromatic carbocycles. The molecule has 50 heavy (non-hydrogen) atoms. The smallest absolute Gasteiger partial charge is 0.408 e. The average Bonchev–Trinajstić information content (AvgIpc) is 3.44. The van der Waals surface area contributed by atoms with E-state index in [0.717, 1.165) is 0 Å². The van der Waals surface area contributed by atoms with Crippen molar-refractivity contribution in [3.05, 3.63) is 22.4 Å². The number of ketones is 1. The van der Waals surface area contributed by atoms with E-state index >= 15 is 0 Å². The van der Waals surface area contributed by atoms with Crippen LogP contribution in [0, 0.1) is 22.7 Å². The lowest BCUT2D eigenvalue weighted by Gasteiger charge is -2.38. The largest absolute Gasteiger partial charge is 0.444 e. The standard InChI is InChI=1S/C35H54N6O8S/c1-12-14-20(26(43)29(45)36-17-22(42)38-24(30(46)40(10)11)21-15-13-16-50-21)37-28(44)25-23-19(35(23,8)9)18-41(25)31(47)27(33(2,3)4)39-32(48)49-34(5,6)7/h13,15-16,19-20,23-25,27H,12,14,17-18H2,1-11H3,(H,36,45)(H,37,44)(H,38,42)(H,39,48)/t19?,20?,23?,24-,25-,27+/m0/s1. The summed E-state index contributed by atoms with van der Waals surface area (Å²) in [7, 11) is 3.12. The number of amides is 6. The maximum absolute atomic E-state index is 14.1. The first-order chi connectivity index (χ1) is 23.0. The summed E-state index contributed by atoms with van der Waals surface area (Å²) in [5, 5.41) is 12.1. The molecule has 0 radical (unpaired) electrons. The van der Waals surface area contributed by atoms with Crippen molar-refractivity contribution >= 4 is 52.7 Å². The molecule has 1 aromatic rings. The molecule has 15 heteroatoms. The van der Waals surface area contributed by atoms with Crippen molar-refractivity contribution in [2.24, 2.45) is 22.7 Å². The summed E-state index contributed by atoms with van der Waals surface area (Å²) >= 11 is 1.29. The normalized spacial score (nSPS) is 21.1. The molecule has 2 aliphatic rings. The maximum atomic E-state index is 14.1. The molecule has 1 saturated heterocycles. The summed E-state index contributed by atoms with van der Waals surface area (Å²) in [6, 6.07) is -0.646. The van der Waals surface area contributed by atoms with Crippen molar-refractivity contribution in [3.8, 4) is 0 Å². The third kappa shape index (κ3) is 9.61. The maximum Gasteiger partial charge on any atom is 0.408 e. The molecule has 2 fully saturated rings. The monoisotopic (exact) mass is 718 g/mol. The van der Waals surface area contributed by atoms with Gasteiger partial charge in [0.25, 0.3) is 5.91 Å². The summed E-state index contributed by atoms with van der Waals surface area (Å²) in [5.41, 5.74) is -1.75. The highest BCUT2D eigenvalue weighted by atomic mass is 32.1. The molecular weight excluding hydrogens is 664 g/mol. The second kappa shape index (κ2) is 15.5. The number of fused-ring (bicyclic) bond motifs is 1. The molecular formula is C35H54N6O8S. The van der Waals surface area contributed by atoms with E-state index in [9.17, 15) is 33.6 Å². The predicted molar refractivity (Wildman–Crippen MR) is 188 cm³/mol. The van der Waals surface area contributed by atoms with Gasteiger partial charge >= 0.3 is 6.09 Å². The molecule has 4 N–H and O–H groups in total. The number of hydrogen-bond donors (Lipinski definition) is 4. The fourth-order valence-corrected chi connectivity index (χ4v) is 7.22. The minimum atomic E-state index is -1.21. The van der Waals surface area contributed by atoms with Crippen LogP contribution in [0.1, 0.15) is 86.1 Å². The Morgan fingerprint density at radius 3 is 2.18 bits per heavy atom. The topological polar surface area (TPSA) is 183 Å². The van der Waals surface area contributed by atoms with Crippen LogP contribution in [0.5, 0.6) is 0 Å². The molecule has 3 rings (SSSR count). The first-order valence-corrected chi connectivity index (χ1v) is 17.9. The van der Waals surface area contributed by atoms with Crippen LogP contribution in [0.4, 0.5) is 4.79 Å². The van der Waals surface area contributed by atoms with Crippen molar-refractivity contribution in [3.63, 3.8) is 0 Å². The number of likely N-dealkylation sites (N-methyl/N-ethyl adjacent to an activating group) is 1. The fraction of sp³-hybridized carbons (Fsp3) is 0.686. The molecule has 2 heterocycles. The van der Waals surface area contributed by atoms with E-state index in [1.807, 2.05) is 13.8 Å². The number of carbonyl (C=O) groups excluding carboxylic acids is 7. The van der Waals surface area contributed by atoms with E-state index in [1.54, 1.807) is 80.1 Å². The minimum absolute atomic E-state index is 0.0314. The molecule has 6 amide bonds. The lowest BCUT2D eigenvalue weighted by Crippen LogP contribution is -2.60. The Morgan fingerprint density at radius 2 is 1.66 bits per heavy atom. The Morgan fingerprint density at radius 1 is 1.02 bits per heavy atom. The first kappa shape index (κ1) is 40.4. The van der Waals surface area contributed by atoms with E-state index in [2.05, 4.69) is 21.3 Å². The van der Waals surface area contributed by atoms with Gasteiger partial charge in [-0.3, -0.25) is 28.8 Å². The van der Waals surface area contributed by atoms with Crippen LogP contribution in [0.3, 0.4) is 0 Å². The molecule has 0 spiro atoms. The van der Waals surface area contributed by atoms with Crippen molar-refractivity contribution in [2.75, 3.05) is 27.2 Å². The molecule has 6 atom stereocenters. The number of hydrogen-bond acceptors (Lipinski definition) is 9. The molecule has 278 valence electrons. The Labute approximate surface area is 298 Å². The van der Waals surface area contributed by atoms with Gasteiger partial charge < -0.3 is 35.8 Å². The van der Waals surface area contributed by atoms with Crippen molar-refractivity contribution in [1.82, 2.24) is 31.1 Å². The lowest BCUT2D eigenvalue weighted by atomic mass is 9.85. The molecule has 0 bridgehead atoms. The van der Waals surface area contributed by atoms with Gasteiger partial charge in [0.1, 0.15) is 23.7 Å². The van der Waals surface area contributed by atoms with Crippen LogP contribution in [0.15, 0.2) is 17.5 Å². The van der Waals surface area contributed by atoms with Crippen molar-refractivity contribution in [1.29, 1.82) is 0 Å².